The molecule has 78 valence electrons. The first-order valence-corrected chi connectivity index (χ1v) is 4.58. The normalized spacial score (nSPS) is 8.50. The van der Waals surface area contributed by atoms with E-state index in [0.29, 0.717) is 6.61 Å². The van der Waals surface area contributed by atoms with Gasteiger partial charge < -0.3 is 21.7 Å². The van der Waals surface area contributed by atoms with Gasteiger partial charge >= 0.3 is 23.1 Å². The monoisotopic (exact) mass is 286 g/mol. The number of para-hydroxylation sites is 1. The van der Waals surface area contributed by atoms with Gasteiger partial charge in [0, 0.05) is 0 Å². The molecule has 0 aliphatic heterocycles. The van der Waals surface area contributed by atoms with Gasteiger partial charge in [0.25, 0.3) is 0 Å². The summed E-state index contributed by atoms with van der Waals surface area (Å²) >= 11 is 0. The first kappa shape index (κ1) is 15.5. The van der Waals surface area contributed by atoms with Gasteiger partial charge in [-0.2, -0.15) is 30.3 Å². The molecule has 3 heteroatoms. The zero-order chi connectivity index (χ0) is 9.64. The van der Waals surface area contributed by atoms with Crippen molar-refractivity contribution in [1.29, 1.82) is 0 Å². The standard InChI is InChI=1S/C13H11O.BrH.Mg/c1-3-7-12(8-4-1)11-14-13-9-5-2-6-10-13;;/h1-3,5-10H,11H2;1H;/q-1;;+2/p-1. The van der Waals surface area contributed by atoms with Gasteiger partial charge in [-0.1, -0.05) is 18.2 Å². The van der Waals surface area contributed by atoms with E-state index < -0.39 is 0 Å². The van der Waals surface area contributed by atoms with Crippen molar-refractivity contribution in [1.82, 2.24) is 0 Å². The van der Waals surface area contributed by atoms with E-state index >= 15 is 0 Å². The first-order valence-electron chi connectivity index (χ1n) is 4.58. The van der Waals surface area contributed by atoms with E-state index in [-0.39, 0.29) is 40.0 Å². The number of benzene rings is 2. The van der Waals surface area contributed by atoms with Crippen molar-refractivity contribution in [3.63, 3.8) is 0 Å². The predicted molar refractivity (Wildman–Crippen MR) is 61.8 cm³/mol. The van der Waals surface area contributed by atoms with Gasteiger partial charge in [-0.25, -0.2) is 0 Å². The van der Waals surface area contributed by atoms with Crippen molar-refractivity contribution in [2.45, 2.75) is 6.61 Å². The first-order chi connectivity index (χ1) is 6.95. The molecule has 0 atom stereocenters. The van der Waals surface area contributed by atoms with Crippen LogP contribution in [0, 0.1) is 6.07 Å². The molecule has 0 fully saturated rings. The average molecular weight is 287 g/mol. The summed E-state index contributed by atoms with van der Waals surface area (Å²) < 4.78 is 5.57. The largest absolute Gasteiger partial charge is 2.00 e. The Bertz CT molecular complexity index is 338. The van der Waals surface area contributed by atoms with Gasteiger partial charge in [0.2, 0.25) is 0 Å². The van der Waals surface area contributed by atoms with Gasteiger partial charge in [0.05, 0.1) is 6.61 Å². The van der Waals surface area contributed by atoms with E-state index in [1.165, 1.54) is 0 Å². The van der Waals surface area contributed by atoms with E-state index in [2.05, 4.69) is 6.07 Å². The molecular weight excluding hydrogens is 276 g/mol. The second kappa shape index (κ2) is 8.62. The number of halogens is 1. The fourth-order valence-electron chi connectivity index (χ4n) is 1.20. The number of ether oxygens (including phenoxy) is 1. The van der Waals surface area contributed by atoms with Crippen LogP contribution in [0.2, 0.25) is 0 Å². The van der Waals surface area contributed by atoms with E-state index in [1.807, 2.05) is 54.6 Å². The van der Waals surface area contributed by atoms with Crippen LogP contribution < -0.4 is 21.7 Å². The number of hydrogen-bond acceptors (Lipinski definition) is 1. The van der Waals surface area contributed by atoms with Gasteiger partial charge in [0.15, 0.2) is 0 Å². The molecule has 0 spiro atoms. The van der Waals surface area contributed by atoms with Crippen molar-refractivity contribution < 1.29 is 21.7 Å². The van der Waals surface area contributed by atoms with Crippen LogP contribution in [0.25, 0.3) is 0 Å². The topological polar surface area (TPSA) is 9.23 Å². The van der Waals surface area contributed by atoms with Crippen LogP contribution in [0.15, 0.2) is 54.6 Å². The second-order valence-electron chi connectivity index (χ2n) is 3.01. The Kier molecular flexibility index (Phi) is 8.34. The molecule has 0 radical (unpaired) electrons. The maximum absolute atomic E-state index is 5.57. The van der Waals surface area contributed by atoms with Gasteiger partial charge in [-0.15, -0.1) is 5.56 Å². The Morgan fingerprint density at radius 3 is 2.38 bits per heavy atom. The fourth-order valence-corrected chi connectivity index (χ4v) is 1.20. The summed E-state index contributed by atoms with van der Waals surface area (Å²) in [4.78, 5) is 0. The minimum absolute atomic E-state index is 0. The van der Waals surface area contributed by atoms with Crippen LogP contribution in [-0.4, -0.2) is 23.1 Å². The van der Waals surface area contributed by atoms with Crippen molar-refractivity contribution in [2.75, 3.05) is 0 Å². The summed E-state index contributed by atoms with van der Waals surface area (Å²) in [6.07, 6.45) is 0. The maximum Gasteiger partial charge on any atom is 2.00 e. The number of hydrogen-bond donors (Lipinski definition) is 0. The maximum atomic E-state index is 5.57. The van der Waals surface area contributed by atoms with Crippen LogP contribution >= 0.6 is 0 Å². The molecule has 0 heterocycles. The minimum atomic E-state index is 0. The molecule has 0 aromatic heterocycles. The van der Waals surface area contributed by atoms with Crippen LogP contribution in [0.5, 0.6) is 5.75 Å². The van der Waals surface area contributed by atoms with Crippen molar-refractivity contribution >= 4 is 23.1 Å². The van der Waals surface area contributed by atoms with E-state index in [1.54, 1.807) is 0 Å². The van der Waals surface area contributed by atoms with E-state index in [4.69, 9.17) is 4.74 Å². The molecule has 0 bridgehead atoms. The zero-order valence-corrected chi connectivity index (χ0v) is 11.9. The molecule has 2 aromatic carbocycles. The Balaban J connectivity index is 0.00000112. The van der Waals surface area contributed by atoms with Gasteiger partial charge in [-0.05, 0) is 12.1 Å². The summed E-state index contributed by atoms with van der Waals surface area (Å²) in [6.45, 7) is 0.599. The summed E-state index contributed by atoms with van der Waals surface area (Å²) in [5, 5.41) is 0. The third-order valence-electron chi connectivity index (χ3n) is 1.92. The fraction of sp³-hybridized carbons (Fsp3) is 0.0769. The Labute approximate surface area is 123 Å². The molecule has 0 aliphatic rings. The number of rotatable bonds is 3. The smallest absolute Gasteiger partial charge is 1.00 e. The van der Waals surface area contributed by atoms with E-state index in [0.717, 1.165) is 11.3 Å². The predicted octanol–water partition coefficient (Wildman–Crippen LogP) is -0.311. The summed E-state index contributed by atoms with van der Waals surface area (Å²) in [5.41, 5.74) is 1.14. The molecule has 2 aromatic rings. The van der Waals surface area contributed by atoms with Crippen molar-refractivity contribution in [3.8, 4) is 5.75 Å². The molecule has 0 amide bonds. The SMILES string of the molecule is [Br-].[Mg+2].[c-]1cccc(COc2ccccc2)c1. The zero-order valence-electron chi connectivity index (χ0n) is 8.90. The molecule has 0 unspecified atom stereocenters. The Morgan fingerprint density at radius 1 is 1.00 bits per heavy atom. The molecule has 16 heavy (non-hydrogen) atoms. The van der Waals surface area contributed by atoms with Crippen LogP contribution in [0.3, 0.4) is 0 Å². The third-order valence-corrected chi connectivity index (χ3v) is 1.92. The van der Waals surface area contributed by atoms with Gasteiger partial charge in [-0.3, -0.25) is 0 Å². The minimum Gasteiger partial charge on any atom is -1.00 e. The van der Waals surface area contributed by atoms with Gasteiger partial charge in [0.1, 0.15) is 5.75 Å². The average Bonchev–Trinajstić information content (AvgIpc) is 2.29. The second-order valence-corrected chi connectivity index (χ2v) is 3.01. The van der Waals surface area contributed by atoms with Crippen LogP contribution in [0.4, 0.5) is 0 Å². The Hall–Kier alpha value is -0.514. The molecule has 1 nitrogen and oxygen atoms in total. The Morgan fingerprint density at radius 2 is 1.75 bits per heavy atom. The summed E-state index contributed by atoms with van der Waals surface area (Å²) in [6, 6.07) is 20.6. The summed E-state index contributed by atoms with van der Waals surface area (Å²) in [5.74, 6) is 0.899. The molecule has 0 aliphatic carbocycles. The van der Waals surface area contributed by atoms with Crippen molar-refractivity contribution in [3.05, 3.63) is 66.2 Å². The molecule has 0 N–H and O–H groups in total. The molecule has 0 saturated carbocycles. The summed E-state index contributed by atoms with van der Waals surface area (Å²) in [7, 11) is 0. The van der Waals surface area contributed by atoms with E-state index in [9.17, 15) is 0 Å². The quantitative estimate of drug-likeness (QED) is 0.556. The van der Waals surface area contributed by atoms with Crippen LogP contribution in [0.1, 0.15) is 5.56 Å². The third kappa shape index (κ3) is 5.01. The van der Waals surface area contributed by atoms with Crippen molar-refractivity contribution in [2.24, 2.45) is 0 Å². The molecular formula is C13H11BrMgO. The van der Waals surface area contributed by atoms with Crippen LogP contribution in [-0.2, 0) is 6.61 Å². The molecule has 2 rings (SSSR count). The molecule has 0 saturated heterocycles.